The summed E-state index contributed by atoms with van der Waals surface area (Å²) in [4.78, 5) is 0. The van der Waals surface area contributed by atoms with E-state index in [1.54, 1.807) is 0 Å². The van der Waals surface area contributed by atoms with Crippen LogP contribution >= 0.6 is 0 Å². The fourth-order valence-electron chi connectivity index (χ4n) is 0.828. The van der Waals surface area contributed by atoms with Gasteiger partial charge in [0.25, 0.3) is 0 Å². The van der Waals surface area contributed by atoms with Gasteiger partial charge in [-0.3, -0.25) is 0 Å². The van der Waals surface area contributed by atoms with E-state index in [4.69, 9.17) is 4.74 Å². The van der Waals surface area contributed by atoms with Crippen molar-refractivity contribution in [3.63, 3.8) is 0 Å². The van der Waals surface area contributed by atoms with E-state index in [9.17, 15) is 0 Å². The zero-order valence-corrected chi connectivity index (χ0v) is 9.02. The van der Waals surface area contributed by atoms with E-state index in [1.165, 1.54) is 19.3 Å². The van der Waals surface area contributed by atoms with Gasteiger partial charge in [-0.25, -0.2) is 0 Å². The van der Waals surface area contributed by atoms with Crippen molar-refractivity contribution in [3.05, 3.63) is 6.61 Å². The molecule has 0 saturated carbocycles. The second kappa shape index (κ2) is 6.47. The van der Waals surface area contributed by atoms with E-state index in [0.29, 0.717) is 5.41 Å². The molecule has 0 N–H and O–H groups in total. The highest BCUT2D eigenvalue weighted by atomic mass is 16.5. The molecule has 0 saturated heterocycles. The summed E-state index contributed by atoms with van der Waals surface area (Å²) in [5, 5.41) is 0. The van der Waals surface area contributed by atoms with Crippen LogP contribution in [-0.2, 0) is 4.74 Å². The van der Waals surface area contributed by atoms with Crippen molar-refractivity contribution in [2.24, 2.45) is 5.41 Å². The first kappa shape index (κ1) is 12.0. The van der Waals surface area contributed by atoms with E-state index in [0.717, 1.165) is 13.0 Å². The van der Waals surface area contributed by atoms with Crippen LogP contribution in [0.4, 0.5) is 0 Å². The van der Waals surface area contributed by atoms with Gasteiger partial charge in [0.05, 0.1) is 6.61 Å². The molecular weight excluding hydrogens is 148 g/mol. The van der Waals surface area contributed by atoms with Crippen LogP contribution in [0.15, 0.2) is 0 Å². The van der Waals surface area contributed by atoms with Gasteiger partial charge in [-0.15, -0.1) is 0 Å². The molecule has 1 radical (unpaired) electrons. The van der Waals surface area contributed by atoms with E-state index in [2.05, 4.69) is 27.7 Å². The molecule has 0 aromatic heterocycles. The predicted molar refractivity (Wildman–Crippen MR) is 53.8 cm³/mol. The van der Waals surface area contributed by atoms with Gasteiger partial charge in [-0.1, -0.05) is 40.5 Å². The third-order valence-electron chi connectivity index (χ3n) is 1.68. The van der Waals surface area contributed by atoms with Gasteiger partial charge in [0.15, 0.2) is 0 Å². The highest BCUT2D eigenvalue weighted by molar-refractivity contribution is 4.66. The van der Waals surface area contributed by atoms with Crippen LogP contribution in [0, 0.1) is 12.0 Å². The summed E-state index contributed by atoms with van der Waals surface area (Å²) in [5.74, 6) is 0. The third kappa shape index (κ3) is 9.96. The normalized spacial score (nSPS) is 12.0. The fourth-order valence-corrected chi connectivity index (χ4v) is 0.828. The molecule has 0 aromatic carbocycles. The van der Waals surface area contributed by atoms with Crippen molar-refractivity contribution >= 4 is 0 Å². The number of hydrogen-bond acceptors (Lipinski definition) is 1. The zero-order valence-electron chi connectivity index (χ0n) is 9.02. The summed E-state index contributed by atoms with van der Waals surface area (Å²) < 4.78 is 5.39. The SMILES string of the molecule is CCCCCO[CH]CC(C)(C)C. The summed E-state index contributed by atoms with van der Waals surface area (Å²) >= 11 is 0. The van der Waals surface area contributed by atoms with Crippen molar-refractivity contribution in [1.82, 2.24) is 0 Å². The Labute approximate surface area is 77.5 Å². The Bertz CT molecular complexity index is 91.7. The summed E-state index contributed by atoms with van der Waals surface area (Å²) in [6, 6.07) is 0. The molecule has 0 unspecified atom stereocenters. The smallest absolute Gasteiger partial charge is 0.0841 e. The van der Waals surface area contributed by atoms with E-state index < -0.39 is 0 Å². The third-order valence-corrected chi connectivity index (χ3v) is 1.68. The van der Waals surface area contributed by atoms with Crippen LogP contribution in [0.1, 0.15) is 53.4 Å². The lowest BCUT2D eigenvalue weighted by molar-refractivity contribution is 0.164. The maximum Gasteiger partial charge on any atom is 0.0841 e. The standard InChI is InChI=1S/C11H23O/c1-5-6-7-9-12-10-8-11(2,3)4/h10H,5-9H2,1-4H3. The molecule has 1 heteroatoms. The van der Waals surface area contributed by atoms with Gasteiger partial charge < -0.3 is 4.74 Å². The molecule has 0 aliphatic heterocycles. The van der Waals surface area contributed by atoms with Gasteiger partial charge in [-0.05, 0) is 18.3 Å². The fraction of sp³-hybridized carbons (Fsp3) is 0.909. The minimum atomic E-state index is 0.366. The summed E-state index contributed by atoms with van der Waals surface area (Å²) in [7, 11) is 0. The van der Waals surface area contributed by atoms with Crippen LogP contribution in [0.2, 0.25) is 0 Å². The molecule has 12 heavy (non-hydrogen) atoms. The Morgan fingerprint density at radius 3 is 2.33 bits per heavy atom. The van der Waals surface area contributed by atoms with Crippen LogP contribution in [0.3, 0.4) is 0 Å². The molecule has 0 bridgehead atoms. The van der Waals surface area contributed by atoms with Crippen LogP contribution < -0.4 is 0 Å². The molecule has 0 spiro atoms. The van der Waals surface area contributed by atoms with Gasteiger partial charge >= 0.3 is 0 Å². The highest BCUT2D eigenvalue weighted by Gasteiger charge is 2.09. The van der Waals surface area contributed by atoms with Crippen molar-refractivity contribution in [3.8, 4) is 0 Å². The average molecular weight is 171 g/mol. The largest absolute Gasteiger partial charge is 0.376 e. The first-order chi connectivity index (χ1) is 5.56. The number of rotatable bonds is 6. The van der Waals surface area contributed by atoms with Gasteiger partial charge in [0, 0.05) is 6.61 Å². The predicted octanol–water partition coefficient (Wildman–Crippen LogP) is 3.79. The molecular formula is C11H23O. The van der Waals surface area contributed by atoms with Crippen molar-refractivity contribution in [2.75, 3.05) is 6.61 Å². The number of hydrogen-bond donors (Lipinski definition) is 0. The van der Waals surface area contributed by atoms with Crippen LogP contribution in [0.25, 0.3) is 0 Å². The molecule has 0 rings (SSSR count). The summed E-state index contributed by atoms with van der Waals surface area (Å²) in [5.41, 5.74) is 0.366. The zero-order chi connectivity index (χ0) is 9.45. The summed E-state index contributed by atoms with van der Waals surface area (Å²) in [6.07, 6.45) is 4.78. The average Bonchev–Trinajstić information content (AvgIpc) is 1.94. The Morgan fingerprint density at radius 1 is 1.17 bits per heavy atom. The molecule has 1 nitrogen and oxygen atoms in total. The lowest BCUT2D eigenvalue weighted by atomic mass is 9.93. The van der Waals surface area contributed by atoms with E-state index in [1.807, 2.05) is 6.61 Å². The van der Waals surface area contributed by atoms with Gasteiger partial charge in [0.2, 0.25) is 0 Å². The molecule has 0 aromatic rings. The van der Waals surface area contributed by atoms with Crippen molar-refractivity contribution in [2.45, 2.75) is 53.4 Å². The minimum absolute atomic E-state index is 0.366. The topological polar surface area (TPSA) is 9.23 Å². The second-order valence-corrected chi connectivity index (χ2v) is 4.51. The maximum atomic E-state index is 5.39. The van der Waals surface area contributed by atoms with E-state index >= 15 is 0 Å². The van der Waals surface area contributed by atoms with Crippen molar-refractivity contribution < 1.29 is 4.74 Å². The first-order valence-corrected chi connectivity index (χ1v) is 4.99. The highest BCUT2D eigenvalue weighted by Crippen LogP contribution is 2.19. The Morgan fingerprint density at radius 2 is 1.83 bits per heavy atom. The summed E-state index contributed by atoms with van der Waals surface area (Å²) in [6.45, 7) is 11.7. The lowest BCUT2D eigenvalue weighted by Gasteiger charge is -2.16. The number of ether oxygens (including phenoxy) is 1. The van der Waals surface area contributed by atoms with Crippen LogP contribution in [0.5, 0.6) is 0 Å². The Kier molecular flexibility index (Phi) is 6.45. The quantitative estimate of drug-likeness (QED) is 0.552. The van der Waals surface area contributed by atoms with Crippen LogP contribution in [-0.4, -0.2) is 6.61 Å². The molecule has 0 amide bonds. The molecule has 0 aliphatic rings. The first-order valence-electron chi connectivity index (χ1n) is 4.99. The van der Waals surface area contributed by atoms with Gasteiger partial charge in [0.1, 0.15) is 0 Å². The monoisotopic (exact) mass is 171 g/mol. The molecule has 0 fully saturated rings. The molecule has 0 aliphatic carbocycles. The molecule has 0 heterocycles. The van der Waals surface area contributed by atoms with Gasteiger partial charge in [-0.2, -0.15) is 0 Å². The molecule has 73 valence electrons. The Balaban J connectivity index is 3.01. The Hall–Kier alpha value is -0.0400. The lowest BCUT2D eigenvalue weighted by Crippen LogP contribution is -2.06. The molecule has 0 atom stereocenters. The number of unbranched alkanes of at least 4 members (excludes halogenated alkanes) is 2. The maximum absolute atomic E-state index is 5.39. The minimum Gasteiger partial charge on any atom is -0.376 e. The van der Waals surface area contributed by atoms with E-state index in [-0.39, 0.29) is 0 Å². The van der Waals surface area contributed by atoms with Crippen molar-refractivity contribution in [1.29, 1.82) is 0 Å². The second-order valence-electron chi connectivity index (χ2n) is 4.51.